The van der Waals surface area contributed by atoms with Crippen molar-refractivity contribution in [1.29, 1.82) is 5.41 Å². The normalized spacial score (nSPS) is 10.7. The number of nitrogens with two attached hydrogens (primary N) is 1. The molecule has 0 aliphatic carbocycles. The molecular formula is C11H18N3O+. The maximum atomic E-state index is 9.59. The van der Waals surface area contributed by atoms with Crippen LogP contribution in [0.1, 0.15) is 30.7 Å². The van der Waals surface area contributed by atoms with E-state index >= 15 is 0 Å². The van der Waals surface area contributed by atoms with Gasteiger partial charge in [0, 0.05) is 16.4 Å². The molecule has 0 fully saturated rings. The second-order valence-corrected chi connectivity index (χ2v) is 4.22. The Morgan fingerprint density at radius 1 is 1.60 bits per heavy atom. The van der Waals surface area contributed by atoms with Crippen molar-refractivity contribution >= 4 is 5.84 Å². The number of nitrogens with one attached hydrogen (secondary N) is 1. The molecule has 0 unspecified atom stereocenters. The van der Waals surface area contributed by atoms with Crippen molar-refractivity contribution in [2.24, 2.45) is 11.7 Å². The molecule has 1 rings (SSSR count). The van der Waals surface area contributed by atoms with Gasteiger partial charge in [-0.05, 0) is 24.8 Å². The Labute approximate surface area is 89.8 Å². The number of aromatic nitrogens is 1. The first-order valence-corrected chi connectivity index (χ1v) is 5.00. The molecule has 0 atom stereocenters. The van der Waals surface area contributed by atoms with Crippen LogP contribution in [0.15, 0.2) is 12.3 Å². The first-order chi connectivity index (χ1) is 6.91. The predicted molar refractivity (Wildman–Crippen MR) is 58.1 cm³/mol. The van der Waals surface area contributed by atoms with Gasteiger partial charge < -0.3 is 5.73 Å². The average molecular weight is 208 g/mol. The van der Waals surface area contributed by atoms with Gasteiger partial charge in [-0.3, -0.25) is 10.6 Å². The summed E-state index contributed by atoms with van der Waals surface area (Å²) >= 11 is 0. The van der Waals surface area contributed by atoms with E-state index in [1.807, 2.05) is 6.92 Å². The zero-order chi connectivity index (χ0) is 11.6. The fourth-order valence-electron chi connectivity index (χ4n) is 1.54. The molecule has 0 aliphatic heterocycles. The van der Waals surface area contributed by atoms with Crippen molar-refractivity contribution in [2.45, 2.75) is 27.2 Å². The van der Waals surface area contributed by atoms with Gasteiger partial charge in [-0.1, -0.05) is 13.8 Å². The predicted octanol–water partition coefficient (Wildman–Crippen LogP) is 1.00. The SMILES string of the molecule is Cc1cc(C(=N)N)[n+](O)cc1CC(C)C. The van der Waals surface area contributed by atoms with E-state index in [-0.39, 0.29) is 5.84 Å². The van der Waals surface area contributed by atoms with Crippen LogP contribution in [0.3, 0.4) is 0 Å². The Morgan fingerprint density at radius 3 is 2.67 bits per heavy atom. The number of rotatable bonds is 3. The van der Waals surface area contributed by atoms with E-state index in [1.165, 1.54) is 0 Å². The minimum absolute atomic E-state index is 0.128. The highest BCUT2D eigenvalue weighted by atomic mass is 16.5. The van der Waals surface area contributed by atoms with Crippen LogP contribution in [0.4, 0.5) is 0 Å². The minimum Gasteiger partial charge on any atom is -0.378 e. The lowest BCUT2D eigenvalue weighted by Crippen LogP contribution is -2.40. The van der Waals surface area contributed by atoms with Crippen LogP contribution in [-0.4, -0.2) is 11.0 Å². The molecule has 1 aromatic rings. The summed E-state index contributed by atoms with van der Waals surface area (Å²) in [7, 11) is 0. The van der Waals surface area contributed by atoms with Gasteiger partial charge >= 0.3 is 0 Å². The summed E-state index contributed by atoms with van der Waals surface area (Å²) in [5.74, 6) is 0.406. The van der Waals surface area contributed by atoms with E-state index in [2.05, 4.69) is 13.8 Å². The first kappa shape index (κ1) is 11.5. The topological polar surface area (TPSA) is 74.0 Å². The van der Waals surface area contributed by atoms with E-state index in [4.69, 9.17) is 11.1 Å². The summed E-state index contributed by atoms with van der Waals surface area (Å²) in [4.78, 5) is 0. The summed E-state index contributed by atoms with van der Waals surface area (Å²) < 4.78 is 0.924. The number of hydrogen-bond acceptors (Lipinski definition) is 2. The molecule has 0 aliphatic rings. The maximum Gasteiger partial charge on any atom is 0.298 e. The molecule has 15 heavy (non-hydrogen) atoms. The molecular weight excluding hydrogens is 190 g/mol. The number of nitrogen functional groups attached to an aromatic ring is 1. The van der Waals surface area contributed by atoms with Gasteiger partial charge in [0.2, 0.25) is 6.20 Å². The van der Waals surface area contributed by atoms with E-state index in [1.54, 1.807) is 12.3 Å². The highest BCUT2D eigenvalue weighted by Gasteiger charge is 2.17. The van der Waals surface area contributed by atoms with Crippen LogP contribution in [0.5, 0.6) is 0 Å². The molecule has 0 aromatic carbocycles. The minimum atomic E-state index is -0.128. The van der Waals surface area contributed by atoms with Gasteiger partial charge in [-0.15, -0.1) is 0 Å². The van der Waals surface area contributed by atoms with Crippen LogP contribution in [0.25, 0.3) is 0 Å². The average Bonchev–Trinajstić information content (AvgIpc) is 2.09. The molecule has 1 aromatic heterocycles. The van der Waals surface area contributed by atoms with Crippen LogP contribution < -0.4 is 10.5 Å². The zero-order valence-corrected chi connectivity index (χ0v) is 9.41. The quantitative estimate of drug-likeness (QED) is 0.300. The van der Waals surface area contributed by atoms with Crippen molar-refractivity contribution < 1.29 is 9.94 Å². The number of hydrogen-bond donors (Lipinski definition) is 3. The van der Waals surface area contributed by atoms with Crippen LogP contribution in [0, 0.1) is 18.3 Å². The second kappa shape index (κ2) is 4.29. The van der Waals surface area contributed by atoms with E-state index in [0.29, 0.717) is 11.6 Å². The molecule has 1 heterocycles. The largest absolute Gasteiger partial charge is 0.378 e. The highest BCUT2D eigenvalue weighted by Crippen LogP contribution is 2.11. The van der Waals surface area contributed by atoms with Crippen LogP contribution in [0.2, 0.25) is 0 Å². The standard InChI is InChI=1S/C11H18N3O/c1-7(2)4-9-6-14(15)10(11(12)13)5-8(9)3/h5-7,15H,4H2,1-3H3,(H3,12,13)/q+1. The van der Waals surface area contributed by atoms with Crippen molar-refractivity contribution in [1.82, 2.24) is 0 Å². The highest BCUT2D eigenvalue weighted by molar-refractivity contribution is 5.91. The van der Waals surface area contributed by atoms with Crippen LogP contribution >= 0.6 is 0 Å². The van der Waals surface area contributed by atoms with Gasteiger partial charge in [-0.2, -0.15) is 0 Å². The Kier molecular flexibility index (Phi) is 3.29. The number of amidine groups is 1. The molecule has 0 saturated heterocycles. The van der Waals surface area contributed by atoms with Gasteiger partial charge in [0.15, 0.2) is 5.84 Å². The molecule has 4 heteroatoms. The molecule has 4 nitrogen and oxygen atoms in total. The Morgan fingerprint density at radius 2 is 2.20 bits per heavy atom. The Balaban J connectivity index is 3.13. The van der Waals surface area contributed by atoms with E-state index in [0.717, 1.165) is 22.3 Å². The maximum absolute atomic E-state index is 9.59. The van der Waals surface area contributed by atoms with Gasteiger partial charge in [0.1, 0.15) is 0 Å². The number of nitrogens with zero attached hydrogens (tertiary/aromatic N) is 1. The Bertz CT molecular complexity index is 386. The fraction of sp³-hybridized carbons (Fsp3) is 0.455. The van der Waals surface area contributed by atoms with Crippen molar-refractivity contribution in [3.8, 4) is 0 Å². The third-order valence-electron chi connectivity index (χ3n) is 2.29. The molecule has 0 amide bonds. The summed E-state index contributed by atoms with van der Waals surface area (Å²) in [5.41, 5.74) is 7.81. The van der Waals surface area contributed by atoms with Crippen molar-refractivity contribution in [2.75, 3.05) is 0 Å². The third kappa shape index (κ3) is 2.68. The summed E-state index contributed by atoms with van der Waals surface area (Å²) in [6.45, 7) is 6.21. The first-order valence-electron chi connectivity index (χ1n) is 5.00. The van der Waals surface area contributed by atoms with E-state index < -0.39 is 0 Å². The summed E-state index contributed by atoms with van der Waals surface area (Å²) in [6.07, 6.45) is 2.54. The van der Waals surface area contributed by atoms with Crippen LogP contribution in [-0.2, 0) is 6.42 Å². The fourth-order valence-corrected chi connectivity index (χ4v) is 1.54. The van der Waals surface area contributed by atoms with Crippen molar-refractivity contribution in [3.05, 3.63) is 29.1 Å². The number of pyridine rings is 1. The summed E-state index contributed by atoms with van der Waals surface area (Å²) in [5, 5.41) is 16.9. The number of aryl methyl sites for hydroxylation is 1. The van der Waals surface area contributed by atoms with Gasteiger partial charge in [0.05, 0.1) is 0 Å². The van der Waals surface area contributed by atoms with E-state index in [9.17, 15) is 5.21 Å². The molecule has 0 radical (unpaired) electrons. The smallest absolute Gasteiger partial charge is 0.298 e. The molecule has 4 N–H and O–H groups in total. The van der Waals surface area contributed by atoms with Crippen molar-refractivity contribution in [3.63, 3.8) is 0 Å². The lowest BCUT2D eigenvalue weighted by atomic mass is 10.00. The lowest BCUT2D eigenvalue weighted by molar-refractivity contribution is -0.905. The summed E-state index contributed by atoms with van der Waals surface area (Å²) in [6, 6.07) is 1.74. The third-order valence-corrected chi connectivity index (χ3v) is 2.29. The Hall–Kier alpha value is -1.58. The van der Waals surface area contributed by atoms with Gasteiger partial charge in [0.25, 0.3) is 5.69 Å². The zero-order valence-electron chi connectivity index (χ0n) is 9.41. The lowest BCUT2D eigenvalue weighted by Gasteiger charge is -2.06. The second-order valence-electron chi connectivity index (χ2n) is 4.22. The van der Waals surface area contributed by atoms with Gasteiger partial charge in [-0.25, -0.2) is 0 Å². The molecule has 0 saturated carbocycles. The molecule has 0 spiro atoms. The monoisotopic (exact) mass is 208 g/mol. The molecule has 0 bridgehead atoms. The molecule has 82 valence electrons.